The minimum Gasteiger partial charge on any atom is -0.350 e. The molecule has 0 atom stereocenters. The Morgan fingerprint density at radius 2 is 2.29 bits per heavy atom. The van der Waals surface area contributed by atoms with Gasteiger partial charge in [-0.15, -0.1) is 0 Å². The summed E-state index contributed by atoms with van der Waals surface area (Å²) in [5.41, 5.74) is 0.0399. The van der Waals surface area contributed by atoms with Gasteiger partial charge in [0, 0.05) is 12.2 Å². The molecule has 1 N–H and O–H groups in total. The smallest absolute Gasteiger partial charge is 0.254 e. The largest absolute Gasteiger partial charge is 0.350 e. The van der Waals surface area contributed by atoms with Crippen LogP contribution in [0.2, 0.25) is 0 Å². The average molecular weight is 308 g/mol. The van der Waals surface area contributed by atoms with E-state index in [0.29, 0.717) is 0 Å². The fourth-order valence-electron chi connectivity index (χ4n) is 0.934. The van der Waals surface area contributed by atoms with Crippen LogP contribution in [0.3, 0.4) is 0 Å². The van der Waals surface area contributed by atoms with Crippen molar-refractivity contribution in [2.45, 2.75) is 19.9 Å². The van der Waals surface area contributed by atoms with E-state index in [9.17, 15) is 9.18 Å². The van der Waals surface area contributed by atoms with E-state index < -0.39 is 11.7 Å². The summed E-state index contributed by atoms with van der Waals surface area (Å²) >= 11 is 1.75. The molecule has 3 nitrogen and oxygen atoms in total. The molecule has 1 amide bonds. The van der Waals surface area contributed by atoms with Gasteiger partial charge in [0.1, 0.15) is 3.70 Å². The highest BCUT2D eigenvalue weighted by atomic mass is 127. The van der Waals surface area contributed by atoms with Crippen LogP contribution in [0.1, 0.15) is 24.2 Å². The summed E-state index contributed by atoms with van der Waals surface area (Å²) in [6.07, 6.45) is 1.42. The minimum atomic E-state index is -0.564. The highest BCUT2D eigenvalue weighted by Gasteiger charge is 2.14. The van der Waals surface area contributed by atoms with E-state index in [4.69, 9.17) is 0 Å². The summed E-state index contributed by atoms with van der Waals surface area (Å²) in [6, 6.07) is 1.36. The first-order valence-corrected chi connectivity index (χ1v) is 5.21. The monoisotopic (exact) mass is 308 g/mol. The normalized spacial score (nSPS) is 10.4. The van der Waals surface area contributed by atoms with Crippen LogP contribution in [-0.4, -0.2) is 16.9 Å². The SMILES string of the molecule is CC(C)NC(=O)c1ccnc(I)c1F. The third kappa shape index (κ3) is 2.63. The van der Waals surface area contributed by atoms with Crippen LogP contribution in [0.5, 0.6) is 0 Å². The predicted octanol–water partition coefficient (Wildman–Crippen LogP) is 1.96. The number of hydrogen-bond donors (Lipinski definition) is 1. The van der Waals surface area contributed by atoms with Crippen molar-refractivity contribution in [3.05, 3.63) is 27.3 Å². The number of aromatic nitrogens is 1. The molecule has 1 rings (SSSR count). The van der Waals surface area contributed by atoms with E-state index >= 15 is 0 Å². The van der Waals surface area contributed by atoms with Crippen LogP contribution < -0.4 is 5.32 Å². The molecule has 0 fully saturated rings. The zero-order valence-corrected chi connectivity index (χ0v) is 10.0. The van der Waals surface area contributed by atoms with E-state index in [-0.39, 0.29) is 15.3 Å². The van der Waals surface area contributed by atoms with E-state index in [1.165, 1.54) is 12.3 Å². The summed E-state index contributed by atoms with van der Waals surface area (Å²) in [5, 5.41) is 2.62. The summed E-state index contributed by atoms with van der Waals surface area (Å²) in [5.74, 6) is -0.968. The Bertz CT molecular complexity index is 355. The summed E-state index contributed by atoms with van der Waals surface area (Å²) in [7, 11) is 0. The predicted molar refractivity (Wildman–Crippen MR) is 59.5 cm³/mol. The van der Waals surface area contributed by atoms with E-state index in [1.807, 2.05) is 13.8 Å². The van der Waals surface area contributed by atoms with Crippen LogP contribution in [0.4, 0.5) is 4.39 Å². The molecule has 5 heteroatoms. The van der Waals surface area contributed by atoms with Gasteiger partial charge in [-0.1, -0.05) is 0 Å². The van der Waals surface area contributed by atoms with Crippen molar-refractivity contribution in [1.82, 2.24) is 10.3 Å². The first-order valence-electron chi connectivity index (χ1n) is 4.13. The lowest BCUT2D eigenvalue weighted by Gasteiger charge is -2.08. The molecule has 0 aromatic carbocycles. The Kier molecular flexibility index (Phi) is 3.79. The molecule has 14 heavy (non-hydrogen) atoms. The quantitative estimate of drug-likeness (QED) is 0.670. The van der Waals surface area contributed by atoms with Gasteiger partial charge in [0.15, 0.2) is 5.82 Å². The molecule has 0 radical (unpaired) electrons. The van der Waals surface area contributed by atoms with Gasteiger partial charge in [-0.3, -0.25) is 4.79 Å². The van der Waals surface area contributed by atoms with Crippen molar-refractivity contribution in [2.24, 2.45) is 0 Å². The molecule has 0 unspecified atom stereocenters. The number of halogens is 2. The van der Waals surface area contributed by atoms with Crippen molar-refractivity contribution >= 4 is 28.5 Å². The Morgan fingerprint density at radius 1 is 1.64 bits per heavy atom. The molecule has 1 aromatic heterocycles. The molecule has 1 heterocycles. The van der Waals surface area contributed by atoms with Gasteiger partial charge in [-0.2, -0.15) is 0 Å². The van der Waals surface area contributed by atoms with Gasteiger partial charge in [-0.05, 0) is 42.5 Å². The van der Waals surface area contributed by atoms with Crippen LogP contribution in [-0.2, 0) is 0 Å². The van der Waals surface area contributed by atoms with Crippen LogP contribution in [0, 0.1) is 9.52 Å². The molecule has 0 spiro atoms. The first kappa shape index (κ1) is 11.4. The van der Waals surface area contributed by atoms with Crippen molar-refractivity contribution < 1.29 is 9.18 Å². The Hall–Kier alpha value is -0.720. The highest BCUT2D eigenvalue weighted by Crippen LogP contribution is 2.12. The van der Waals surface area contributed by atoms with E-state index in [2.05, 4.69) is 10.3 Å². The molecule has 0 aliphatic heterocycles. The van der Waals surface area contributed by atoms with E-state index in [1.54, 1.807) is 22.6 Å². The highest BCUT2D eigenvalue weighted by molar-refractivity contribution is 14.1. The second kappa shape index (κ2) is 4.68. The third-order valence-corrected chi connectivity index (χ3v) is 2.26. The van der Waals surface area contributed by atoms with Crippen molar-refractivity contribution in [1.29, 1.82) is 0 Å². The maximum Gasteiger partial charge on any atom is 0.254 e. The van der Waals surface area contributed by atoms with Crippen LogP contribution >= 0.6 is 22.6 Å². The maximum absolute atomic E-state index is 13.4. The number of carbonyl (C=O) groups excluding carboxylic acids is 1. The van der Waals surface area contributed by atoms with Gasteiger partial charge in [0.2, 0.25) is 0 Å². The molecule has 1 aromatic rings. The zero-order chi connectivity index (χ0) is 10.7. The van der Waals surface area contributed by atoms with Gasteiger partial charge in [0.25, 0.3) is 5.91 Å². The van der Waals surface area contributed by atoms with Crippen molar-refractivity contribution in [3.63, 3.8) is 0 Å². The maximum atomic E-state index is 13.4. The third-order valence-electron chi connectivity index (χ3n) is 1.51. The number of carbonyl (C=O) groups is 1. The lowest BCUT2D eigenvalue weighted by molar-refractivity contribution is 0.0938. The topological polar surface area (TPSA) is 42.0 Å². The number of nitrogens with zero attached hydrogens (tertiary/aromatic N) is 1. The summed E-state index contributed by atoms with van der Waals surface area (Å²) < 4.78 is 13.6. The molecule has 0 saturated carbocycles. The zero-order valence-electron chi connectivity index (χ0n) is 7.84. The molecule has 0 aliphatic carbocycles. The summed E-state index contributed by atoms with van der Waals surface area (Å²) in [6.45, 7) is 3.64. The Labute approximate surface area is 95.2 Å². The minimum absolute atomic E-state index is 0.00673. The molecule has 0 bridgehead atoms. The lowest BCUT2D eigenvalue weighted by atomic mass is 10.2. The van der Waals surface area contributed by atoms with Gasteiger partial charge in [0.05, 0.1) is 5.56 Å². The van der Waals surface area contributed by atoms with Crippen molar-refractivity contribution in [2.75, 3.05) is 0 Å². The van der Waals surface area contributed by atoms with Gasteiger partial charge in [-0.25, -0.2) is 9.37 Å². The number of nitrogens with one attached hydrogen (secondary N) is 1. The van der Waals surface area contributed by atoms with E-state index in [0.717, 1.165) is 0 Å². The number of hydrogen-bond acceptors (Lipinski definition) is 2. The number of amides is 1. The van der Waals surface area contributed by atoms with Gasteiger partial charge >= 0.3 is 0 Å². The standard InChI is InChI=1S/C9H10FIN2O/c1-5(2)13-9(14)6-3-4-12-8(11)7(6)10/h3-5H,1-2H3,(H,13,14). The molecule has 0 saturated heterocycles. The lowest BCUT2D eigenvalue weighted by Crippen LogP contribution is -2.31. The van der Waals surface area contributed by atoms with Crippen LogP contribution in [0.15, 0.2) is 12.3 Å². The first-order chi connectivity index (χ1) is 6.52. The molecule has 0 aliphatic rings. The molecular formula is C9H10FIN2O. The molecule has 76 valence electrons. The number of pyridine rings is 1. The number of rotatable bonds is 2. The Morgan fingerprint density at radius 3 is 2.86 bits per heavy atom. The van der Waals surface area contributed by atoms with Crippen LogP contribution in [0.25, 0.3) is 0 Å². The summed E-state index contributed by atoms with van der Waals surface area (Å²) in [4.78, 5) is 15.2. The fraction of sp³-hybridized carbons (Fsp3) is 0.333. The Balaban J connectivity index is 2.96. The second-order valence-corrected chi connectivity index (χ2v) is 4.11. The van der Waals surface area contributed by atoms with Crippen molar-refractivity contribution in [3.8, 4) is 0 Å². The second-order valence-electron chi connectivity index (χ2n) is 3.09. The average Bonchev–Trinajstić information content (AvgIpc) is 2.08. The molecular weight excluding hydrogens is 298 g/mol. The fourth-order valence-corrected chi connectivity index (χ4v) is 1.38. The van der Waals surface area contributed by atoms with Gasteiger partial charge < -0.3 is 5.32 Å².